The lowest BCUT2D eigenvalue weighted by molar-refractivity contribution is -0.116. The van der Waals surface area contributed by atoms with E-state index in [1.807, 2.05) is 0 Å². The average molecular weight is 340 g/mol. The maximum absolute atomic E-state index is 12.0. The maximum Gasteiger partial charge on any atom is 0.250 e. The van der Waals surface area contributed by atoms with Crippen molar-refractivity contribution in [1.29, 1.82) is 0 Å². The molecule has 2 aromatic rings. The van der Waals surface area contributed by atoms with E-state index in [0.29, 0.717) is 29.0 Å². The van der Waals surface area contributed by atoms with Gasteiger partial charge < -0.3 is 21.7 Å². The van der Waals surface area contributed by atoms with Crippen molar-refractivity contribution in [2.75, 3.05) is 22.5 Å². The molecular formula is C18H20N4O3. The first-order chi connectivity index (χ1) is 12.0. The average Bonchev–Trinajstić information content (AvgIpc) is 2.61. The number of nitrogens with one attached hydrogen (secondary N) is 3. The molecule has 0 bridgehead atoms. The van der Waals surface area contributed by atoms with E-state index in [0.717, 1.165) is 0 Å². The molecule has 25 heavy (non-hydrogen) atoms. The highest BCUT2D eigenvalue weighted by atomic mass is 16.2. The Kier molecular flexibility index (Phi) is 6.11. The lowest BCUT2D eigenvalue weighted by Crippen LogP contribution is -2.23. The molecule has 0 unspecified atom stereocenters. The van der Waals surface area contributed by atoms with Gasteiger partial charge in [0.15, 0.2) is 0 Å². The maximum atomic E-state index is 12.0. The summed E-state index contributed by atoms with van der Waals surface area (Å²) in [5.74, 6) is -0.910. The molecule has 7 heteroatoms. The second-order valence-electron chi connectivity index (χ2n) is 5.29. The number of primary amides is 1. The van der Waals surface area contributed by atoms with Crippen molar-refractivity contribution in [3.63, 3.8) is 0 Å². The minimum atomic E-state index is -0.562. The van der Waals surface area contributed by atoms with E-state index in [1.54, 1.807) is 55.5 Å². The summed E-state index contributed by atoms with van der Waals surface area (Å²) in [7, 11) is 0. The van der Waals surface area contributed by atoms with Gasteiger partial charge in [-0.15, -0.1) is 0 Å². The third kappa shape index (κ3) is 5.35. The Balaban J connectivity index is 1.90. The zero-order chi connectivity index (χ0) is 18.2. The Morgan fingerprint density at radius 1 is 0.880 bits per heavy atom. The number of anilines is 3. The van der Waals surface area contributed by atoms with Crippen molar-refractivity contribution >= 4 is 34.8 Å². The fraction of sp³-hybridized carbons (Fsp3) is 0.167. The molecule has 3 amide bonds. The molecule has 0 saturated carbocycles. The van der Waals surface area contributed by atoms with E-state index >= 15 is 0 Å². The monoisotopic (exact) mass is 340 g/mol. The van der Waals surface area contributed by atoms with Gasteiger partial charge in [0.1, 0.15) is 0 Å². The van der Waals surface area contributed by atoms with E-state index < -0.39 is 5.91 Å². The lowest BCUT2D eigenvalue weighted by atomic mass is 10.1. The molecule has 0 spiro atoms. The van der Waals surface area contributed by atoms with Crippen LogP contribution in [0, 0.1) is 0 Å². The van der Waals surface area contributed by atoms with Gasteiger partial charge in [-0.25, -0.2) is 0 Å². The highest BCUT2D eigenvalue weighted by molar-refractivity contribution is 6.00. The number of hydrogen-bond acceptors (Lipinski definition) is 4. The number of carbonyl (C=O) groups is 3. The van der Waals surface area contributed by atoms with Crippen LogP contribution >= 0.6 is 0 Å². The van der Waals surface area contributed by atoms with Crippen molar-refractivity contribution in [3.8, 4) is 0 Å². The Hall–Kier alpha value is -3.35. The van der Waals surface area contributed by atoms with Gasteiger partial charge in [0.2, 0.25) is 11.8 Å². The van der Waals surface area contributed by atoms with E-state index in [2.05, 4.69) is 16.0 Å². The quantitative estimate of drug-likeness (QED) is 0.618. The number of nitrogens with two attached hydrogens (primary N) is 1. The van der Waals surface area contributed by atoms with Gasteiger partial charge >= 0.3 is 0 Å². The summed E-state index contributed by atoms with van der Waals surface area (Å²) in [6, 6.07) is 13.5. The highest BCUT2D eigenvalue weighted by Gasteiger charge is 2.09. The van der Waals surface area contributed by atoms with Crippen molar-refractivity contribution in [2.45, 2.75) is 13.3 Å². The third-order valence-electron chi connectivity index (χ3n) is 3.41. The van der Waals surface area contributed by atoms with E-state index in [-0.39, 0.29) is 18.4 Å². The predicted molar refractivity (Wildman–Crippen MR) is 97.4 cm³/mol. The topological polar surface area (TPSA) is 113 Å². The molecule has 0 atom stereocenters. The second kappa shape index (κ2) is 8.49. The second-order valence-corrected chi connectivity index (χ2v) is 5.29. The first kappa shape index (κ1) is 18.0. The summed E-state index contributed by atoms with van der Waals surface area (Å²) in [5, 5.41) is 8.34. The molecule has 0 aliphatic heterocycles. The van der Waals surface area contributed by atoms with Crippen LogP contribution in [0.3, 0.4) is 0 Å². The van der Waals surface area contributed by atoms with Crippen molar-refractivity contribution in [2.24, 2.45) is 5.73 Å². The smallest absolute Gasteiger partial charge is 0.250 e. The summed E-state index contributed by atoms with van der Waals surface area (Å²) in [6.07, 6.45) is 0.400. The van der Waals surface area contributed by atoms with Crippen LogP contribution in [0.15, 0.2) is 48.5 Å². The molecule has 0 radical (unpaired) electrons. The Bertz CT molecular complexity index is 772. The first-order valence-electron chi connectivity index (χ1n) is 7.82. The van der Waals surface area contributed by atoms with Gasteiger partial charge in [-0.05, 0) is 36.4 Å². The molecule has 0 fully saturated rings. The number of amides is 3. The normalized spacial score (nSPS) is 9.96. The van der Waals surface area contributed by atoms with Gasteiger partial charge in [0.05, 0.1) is 12.1 Å². The number of benzene rings is 2. The Morgan fingerprint density at radius 3 is 2.00 bits per heavy atom. The van der Waals surface area contributed by atoms with Crippen LogP contribution in [0.2, 0.25) is 0 Å². The molecule has 0 aliphatic carbocycles. The summed E-state index contributed by atoms with van der Waals surface area (Å²) in [4.78, 5) is 34.7. The van der Waals surface area contributed by atoms with E-state index in [1.165, 1.54) is 0 Å². The van der Waals surface area contributed by atoms with Gasteiger partial charge in [0, 0.05) is 23.5 Å². The minimum Gasteiger partial charge on any atom is -0.376 e. The molecule has 130 valence electrons. The zero-order valence-corrected chi connectivity index (χ0v) is 13.8. The van der Waals surface area contributed by atoms with E-state index in [9.17, 15) is 14.4 Å². The SMILES string of the molecule is CCC(=O)Nc1ccc(NC(=O)CNc2ccccc2C(N)=O)cc1. The first-order valence-corrected chi connectivity index (χ1v) is 7.82. The fourth-order valence-corrected chi connectivity index (χ4v) is 2.12. The van der Waals surface area contributed by atoms with Crippen molar-refractivity contribution < 1.29 is 14.4 Å². The van der Waals surface area contributed by atoms with Gasteiger partial charge in [-0.1, -0.05) is 19.1 Å². The summed E-state index contributed by atoms with van der Waals surface area (Å²) >= 11 is 0. The molecule has 0 saturated heterocycles. The number of carbonyl (C=O) groups excluding carboxylic acids is 3. The molecule has 0 aliphatic rings. The third-order valence-corrected chi connectivity index (χ3v) is 3.41. The molecule has 2 aromatic carbocycles. The lowest BCUT2D eigenvalue weighted by Gasteiger charge is -2.11. The minimum absolute atomic E-state index is 0.0153. The standard InChI is InChI=1S/C18H20N4O3/c1-2-16(23)21-12-7-9-13(10-8-12)22-17(24)11-20-15-6-4-3-5-14(15)18(19)25/h3-10,20H,2,11H2,1H3,(H2,19,25)(H,21,23)(H,22,24). The van der Waals surface area contributed by atoms with Crippen LogP contribution < -0.4 is 21.7 Å². The number of rotatable bonds is 7. The molecule has 7 nitrogen and oxygen atoms in total. The van der Waals surface area contributed by atoms with Crippen molar-refractivity contribution in [3.05, 3.63) is 54.1 Å². The summed E-state index contributed by atoms with van der Waals surface area (Å²) in [5.41, 5.74) is 7.39. The number of para-hydroxylation sites is 1. The van der Waals surface area contributed by atoms with Gasteiger partial charge in [0.25, 0.3) is 5.91 Å². The van der Waals surface area contributed by atoms with Crippen LogP contribution in [0.1, 0.15) is 23.7 Å². The van der Waals surface area contributed by atoms with Gasteiger partial charge in [-0.3, -0.25) is 14.4 Å². The van der Waals surface area contributed by atoms with Crippen LogP contribution in [0.4, 0.5) is 17.1 Å². The molecule has 0 heterocycles. The predicted octanol–water partition coefficient (Wildman–Crippen LogP) is 2.18. The van der Waals surface area contributed by atoms with Crippen LogP contribution in [0.5, 0.6) is 0 Å². The van der Waals surface area contributed by atoms with Crippen LogP contribution in [-0.2, 0) is 9.59 Å². The zero-order valence-electron chi connectivity index (χ0n) is 13.8. The summed E-state index contributed by atoms with van der Waals surface area (Å²) in [6.45, 7) is 1.76. The summed E-state index contributed by atoms with van der Waals surface area (Å²) < 4.78 is 0. The van der Waals surface area contributed by atoms with Crippen molar-refractivity contribution in [1.82, 2.24) is 0 Å². The van der Waals surface area contributed by atoms with E-state index in [4.69, 9.17) is 5.73 Å². The molecule has 5 N–H and O–H groups in total. The Labute approximate surface area is 145 Å². The van der Waals surface area contributed by atoms with Crippen LogP contribution in [0.25, 0.3) is 0 Å². The highest BCUT2D eigenvalue weighted by Crippen LogP contribution is 2.15. The van der Waals surface area contributed by atoms with Crippen LogP contribution in [-0.4, -0.2) is 24.3 Å². The largest absolute Gasteiger partial charge is 0.376 e. The fourth-order valence-electron chi connectivity index (χ4n) is 2.12. The molecule has 0 aromatic heterocycles. The number of hydrogen-bond donors (Lipinski definition) is 4. The Morgan fingerprint density at radius 2 is 1.44 bits per heavy atom. The molecule has 2 rings (SSSR count). The van der Waals surface area contributed by atoms with Gasteiger partial charge in [-0.2, -0.15) is 0 Å². The molecular weight excluding hydrogens is 320 g/mol.